The van der Waals surface area contributed by atoms with E-state index in [0.717, 1.165) is 5.56 Å². The molecule has 234 valence electrons. The fourth-order valence-electron chi connectivity index (χ4n) is 4.40. The molecular weight excluding hydrogens is 633 g/mol. The average Bonchev–Trinajstić information content (AvgIpc) is 3.74. The first kappa shape index (κ1) is 31.9. The van der Waals surface area contributed by atoms with Crippen LogP contribution < -0.4 is 16.0 Å². The molecule has 4 N–H and O–H groups in total. The van der Waals surface area contributed by atoms with Crippen LogP contribution in [-0.2, 0) is 20.9 Å². The van der Waals surface area contributed by atoms with Gasteiger partial charge in [0, 0.05) is 34.5 Å². The minimum atomic E-state index is -0.877. The van der Waals surface area contributed by atoms with Gasteiger partial charge in [0.2, 0.25) is 11.8 Å². The molecule has 1 atom stereocenters. The van der Waals surface area contributed by atoms with Crippen molar-refractivity contribution < 1.29 is 19.1 Å². The number of hydrogen-bond acceptors (Lipinski definition) is 8. The van der Waals surface area contributed by atoms with Crippen LogP contribution in [-0.4, -0.2) is 55.2 Å². The van der Waals surface area contributed by atoms with Crippen molar-refractivity contribution in [2.75, 3.05) is 12.4 Å². The number of hydrogen-bond donors (Lipinski definition) is 4. The summed E-state index contributed by atoms with van der Waals surface area (Å²) in [5.74, 6) is -0.553. The number of imidazole rings is 1. The number of amides is 3. The fourth-order valence-corrected chi connectivity index (χ4v) is 4.83. The number of nitrogens with one attached hydrogen (secondary N) is 4. The Labute approximate surface area is 273 Å². The van der Waals surface area contributed by atoms with Gasteiger partial charge in [-0.15, -0.1) is 5.10 Å². The number of carbonyl (C=O) groups is 3. The lowest BCUT2D eigenvalue weighted by molar-refractivity contribution is -0.122. The molecule has 0 saturated heterocycles. The molecule has 3 aromatic carbocycles. The fraction of sp³-hybridized carbons (Fsp3) is 0.129. The average molecular weight is 661 g/mol. The van der Waals surface area contributed by atoms with Gasteiger partial charge in [0.25, 0.3) is 0 Å². The van der Waals surface area contributed by atoms with E-state index in [0.29, 0.717) is 39.8 Å². The van der Waals surface area contributed by atoms with E-state index in [2.05, 4.69) is 46.2 Å². The van der Waals surface area contributed by atoms with Gasteiger partial charge < -0.3 is 20.4 Å². The number of halogens is 2. The smallest absolute Gasteiger partial charge is 0.411 e. The van der Waals surface area contributed by atoms with E-state index in [4.69, 9.17) is 23.2 Å². The SMILES string of the molecule is COC(=O)Nc1ccc(-c2nc([C@H](CC(=O)NCc3ccccc3)NC(=O)/C=C/c3cc(Cl)ccc3-n3cnnn3)[nH]c2Cl)cc1. The number of carbonyl (C=O) groups excluding carboxylic acids is 3. The van der Waals surface area contributed by atoms with Crippen molar-refractivity contribution in [2.45, 2.75) is 19.0 Å². The molecule has 5 aromatic rings. The maximum atomic E-state index is 13.2. The summed E-state index contributed by atoms with van der Waals surface area (Å²) >= 11 is 12.7. The maximum Gasteiger partial charge on any atom is 0.411 e. The summed E-state index contributed by atoms with van der Waals surface area (Å²) in [6.45, 7) is 0.311. The summed E-state index contributed by atoms with van der Waals surface area (Å²) in [5.41, 5.74) is 3.65. The van der Waals surface area contributed by atoms with Crippen LogP contribution in [0.4, 0.5) is 10.5 Å². The zero-order chi connectivity index (χ0) is 32.5. The lowest BCUT2D eigenvalue weighted by Crippen LogP contribution is -2.33. The molecule has 15 heteroatoms. The molecule has 0 aliphatic heterocycles. The summed E-state index contributed by atoms with van der Waals surface area (Å²) in [5, 5.41) is 20.2. The Kier molecular flexibility index (Phi) is 10.4. The van der Waals surface area contributed by atoms with E-state index in [-0.39, 0.29) is 23.3 Å². The molecule has 5 rings (SSSR count). The summed E-state index contributed by atoms with van der Waals surface area (Å²) < 4.78 is 6.06. The van der Waals surface area contributed by atoms with Gasteiger partial charge in [-0.3, -0.25) is 14.9 Å². The van der Waals surface area contributed by atoms with Gasteiger partial charge in [-0.1, -0.05) is 65.7 Å². The highest BCUT2D eigenvalue weighted by Gasteiger charge is 2.23. The third-order valence-electron chi connectivity index (χ3n) is 6.64. The molecule has 0 aliphatic rings. The summed E-state index contributed by atoms with van der Waals surface area (Å²) in [7, 11) is 1.27. The highest BCUT2D eigenvalue weighted by atomic mass is 35.5. The van der Waals surface area contributed by atoms with Crippen LogP contribution in [0.2, 0.25) is 10.2 Å². The Morgan fingerprint density at radius 2 is 1.83 bits per heavy atom. The molecule has 0 unspecified atom stereocenters. The van der Waals surface area contributed by atoms with Crippen molar-refractivity contribution in [1.82, 2.24) is 40.8 Å². The maximum absolute atomic E-state index is 13.2. The van der Waals surface area contributed by atoms with Crippen LogP contribution in [0.25, 0.3) is 23.0 Å². The van der Waals surface area contributed by atoms with Gasteiger partial charge in [-0.25, -0.2) is 9.78 Å². The standard InChI is InChI=1S/C31H27Cl2N9O4/c1-46-31(45)36-23-11-7-20(8-12-23)28-29(33)39-30(38-28)24(16-27(44)34-17-19-5-3-2-4-6-19)37-26(43)14-9-21-15-22(32)10-13-25(21)42-18-35-40-41-42/h2-15,18,24H,16-17H2,1H3,(H,34,44)(H,36,45)(H,37,43)(H,38,39)/b14-9+/t24-/m0/s1. The van der Waals surface area contributed by atoms with E-state index in [1.807, 2.05) is 30.3 Å². The topological polar surface area (TPSA) is 169 Å². The predicted octanol–water partition coefficient (Wildman–Crippen LogP) is 5.11. The highest BCUT2D eigenvalue weighted by Crippen LogP contribution is 2.29. The number of anilines is 1. The van der Waals surface area contributed by atoms with E-state index >= 15 is 0 Å². The summed E-state index contributed by atoms with van der Waals surface area (Å²) in [6.07, 6.45) is 3.56. The van der Waals surface area contributed by atoms with Crippen LogP contribution in [0.1, 0.15) is 29.4 Å². The lowest BCUT2D eigenvalue weighted by Gasteiger charge is -2.16. The summed E-state index contributed by atoms with van der Waals surface area (Å²) in [6, 6.07) is 20.4. The van der Waals surface area contributed by atoms with Crippen LogP contribution in [0, 0.1) is 0 Å². The van der Waals surface area contributed by atoms with Gasteiger partial charge in [-0.05, 0) is 52.4 Å². The first-order valence-electron chi connectivity index (χ1n) is 13.8. The van der Waals surface area contributed by atoms with Crippen LogP contribution in [0.15, 0.2) is 85.2 Å². The van der Waals surface area contributed by atoms with Gasteiger partial charge in [0.05, 0.1) is 25.3 Å². The molecule has 2 heterocycles. The molecule has 0 aliphatic carbocycles. The Morgan fingerprint density at radius 1 is 1.04 bits per heavy atom. The van der Waals surface area contributed by atoms with Crippen molar-refractivity contribution >= 4 is 52.9 Å². The molecular formula is C31H27Cl2N9O4. The number of aromatic nitrogens is 6. The molecule has 0 saturated carbocycles. The number of tetrazole rings is 1. The van der Waals surface area contributed by atoms with Crippen molar-refractivity contribution in [3.8, 4) is 16.9 Å². The number of methoxy groups -OCH3 is 1. The van der Waals surface area contributed by atoms with Gasteiger partial charge in [0.15, 0.2) is 0 Å². The summed E-state index contributed by atoms with van der Waals surface area (Å²) in [4.78, 5) is 45.4. The van der Waals surface area contributed by atoms with E-state index in [9.17, 15) is 14.4 Å². The largest absolute Gasteiger partial charge is 0.453 e. The van der Waals surface area contributed by atoms with Gasteiger partial charge in [-0.2, -0.15) is 4.68 Å². The van der Waals surface area contributed by atoms with Gasteiger partial charge in [0.1, 0.15) is 23.0 Å². The predicted molar refractivity (Wildman–Crippen MR) is 172 cm³/mol. The second-order valence-corrected chi connectivity index (χ2v) is 10.6. The Bertz CT molecular complexity index is 1840. The molecule has 0 spiro atoms. The number of rotatable bonds is 11. The first-order chi connectivity index (χ1) is 22.3. The second kappa shape index (κ2) is 15.0. The van der Waals surface area contributed by atoms with Crippen LogP contribution in [0.3, 0.4) is 0 Å². The quantitative estimate of drug-likeness (QED) is 0.142. The van der Waals surface area contributed by atoms with Crippen molar-refractivity contribution in [1.29, 1.82) is 0 Å². The monoisotopic (exact) mass is 659 g/mol. The molecule has 46 heavy (non-hydrogen) atoms. The van der Waals surface area contributed by atoms with Crippen molar-refractivity contribution in [2.24, 2.45) is 0 Å². The minimum Gasteiger partial charge on any atom is -0.453 e. The number of nitrogens with zero attached hydrogens (tertiary/aromatic N) is 5. The number of H-pyrrole nitrogens is 1. The molecule has 13 nitrogen and oxygen atoms in total. The molecule has 0 radical (unpaired) electrons. The number of benzene rings is 3. The van der Waals surface area contributed by atoms with E-state index in [1.54, 1.807) is 48.5 Å². The van der Waals surface area contributed by atoms with Crippen molar-refractivity contribution in [3.63, 3.8) is 0 Å². The number of ether oxygens (including phenoxy) is 1. The molecule has 0 fully saturated rings. The van der Waals surface area contributed by atoms with E-state index < -0.39 is 18.0 Å². The van der Waals surface area contributed by atoms with Gasteiger partial charge >= 0.3 is 6.09 Å². The normalized spacial score (nSPS) is 11.6. The molecule has 3 amide bonds. The highest BCUT2D eigenvalue weighted by molar-refractivity contribution is 6.32. The third kappa shape index (κ3) is 8.34. The Balaban J connectivity index is 1.37. The van der Waals surface area contributed by atoms with E-state index in [1.165, 1.54) is 24.2 Å². The van der Waals surface area contributed by atoms with Crippen LogP contribution >= 0.6 is 23.2 Å². The zero-order valence-electron chi connectivity index (χ0n) is 24.3. The second-order valence-electron chi connectivity index (χ2n) is 9.80. The Morgan fingerprint density at radius 3 is 2.54 bits per heavy atom. The lowest BCUT2D eigenvalue weighted by atomic mass is 10.1. The molecule has 2 aromatic heterocycles. The molecule has 0 bridgehead atoms. The first-order valence-corrected chi connectivity index (χ1v) is 14.6. The van der Waals surface area contributed by atoms with Crippen LogP contribution in [0.5, 0.6) is 0 Å². The third-order valence-corrected chi connectivity index (χ3v) is 7.14. The minimum absolute atomic E-state index is 0.134. The van der Waals surface area contributed by atoms with Crippen molar-refractivity contribution in [3.05, 3.63) is 112 Å². The Hall–Kier alpha value is -5.53. The zero-order valence-corrected chi connectivity index (χ0v) is 25.8. The number of aromatic amines is 1.